The Hall–Kier alpha value is -1.94. The molecular formula is C74H144O17P2. The third kappa shape index (κ3) is 67.0. The number of rotatable bonds is 71. The Balaban J connectivity index is 5.22. The fourth-order valence-corrected chi connectivity index (χ4v) is 12.7. The van der Waals surface area contributed by atoms with Crippen LogP contribution in [-0.4, -0.2) is 96.7 Å². The summed E-state index contributed by atoms with van der Waals surface area (Å²) >= 11 is 0. The van der Waals surface area contributed by atoms with E-state index in [1.807, 2.05) is 0 Å². The van der Waals surface area contributed by atoms with Gasteiger partial charge in [-0.25, -0.2) is 9.13 Å². The number of aliphatic hydroxyl groups is 1. The van der Waals surface area contributed by atoms with Crippen LogP contribution in [0.1, 0.15) is 370 Å². The maximum atomic E-state index is 13.0. The Morgan fingerprint density at radius 2 is 0.516 bits per heavy atom. The van der Waals surface area contributed by atoms with Crippen molar-refractivity contribution in [2.45, 2.75) is 388 Å². The molecule has 0 fully saturated rings. The Labute approximate surface area is 568 Å². The van der Waals surface area contributed by atoms with Crippen LogP contribution < -0.4 is 0 Å². The summed E-state index contributed by atoms with van der Waals surface area (Å²) < 4.78 is 68.4. The van der Waals surface area contributed by atoms with E-state index in [1.165, 1.54) is 167 Å². The fraction of sp³-hybridized carbons (Fsp3) is 0.946. The van der Waals surface area contributed by atoms with Crippen LogP contribution in [0.25, 0.3) is 0 Å². The number of carbonyl (C=O) groups is 4. The molecule has 0 aliphatic rings. The molecule has 0 spiro atoms. The van der Waals surface area contributed by atoms with Gasteiger partial charge < -0.3 is 33.8 Å². The first-order valence-electron chi connectivity index (χ1n) is 38.2. The first kappa shape index (κ1) is 91.1. The van der Waals surface area contributed by atoms with E-state index in [4.69, 9.17) is 37.0 Å². The molecule has 552 valence electrons. The molecule has 0 aliphatic carbocycles. The van der Waals surface area contributed by atoms with Gasteiger partial charge in [0.25, 0.3) is 0 Å². The summed E-state index contributed by atoms with van der Waals surface area (Å²) in [4.78, 5) is 72.7. The van der Waals surface area contributed by atoms with Gasteiger partial charge in [0.05, 0.1) is 26.4 Å². The van der Waals surface area contributed by atoms with Gasteiger partial charge in [0, 0.05) is 25.7 Å². The van der Waals surface area contributed by atoms with Crippen LogP contribution >= 0.6 is 15.6 Å². The van der Waals surface area contributed by atoms with E-state index >= 15 is 0 Å². The lowest BCUT2D eigenvalue weighted by molar-refractivity contribution is -0.161. The summed E-state index contributed by atoms with van der Waals surface area (Å²) in [6.45, 7) is 14.1. The van der Waals surface area contributed by atoms with E-state index in [2.05, 4.69) is 55.4 Å². The van der Waals surface area contributed by atoms with Crippen LogP contribution in [0.3, 0.4) is 0 Å². The first-order valence-corrected chi connectivity index (χ1v) is 41.2. The average Bonchev–Trinajstić information content (AvgIpc) is 2.46. The van der Waals surface area contributed by atoms with Gasteiger partial charge in [-0.1, -0.05) is 319 Å². The number of esters is 4. The van der Waals surface area contributed by atoms with E-state index in [0.29, 0.717) is 25.7 Å². The largest absolute Gasteiger partial charge is 0.472 e. The Morgan fingerprint density at radius 3 is 0.763 bits per heavy atom. The third-order valence-corrected chi connectivity index (χ3v) is 19.3. The highest BCUT2D eigenvalue weighted by molar-refractivity contribution is 7.47. The maximum absolute atomic E-state index is 13.0. The molecule has 0 aromatic rings. The van der Waals surface area contributed by atoms with Crippen molar-refractivity contribution in [2.24, 2.45) is 23.7 Å². The third-order valence-electron chi connectivity index (χ3n) is 17.4. The van der Waals surface area contributed by atoms with Crippen LogP contribution in [0.5, 0.6) is 0 Å². The van der Waals surface area contributed by atoms with E-state index < -0.39 is 97.5 Å². The van der Waals surface area contributed by atoms with Crippen LogP contribution in [0.15, 0.2) is 0 Å². The number of phosphoric ester groups is 2. The van der Waals surface area contributed by atoms with Crippen molar-refractivity contribution in [3.05, 3.63) is 0 Å². The minimum atomic E-state index is -4.96. The summed E-state index contributed by atoms with van der Waals surface area (Å²) in [6.07, 6.45) is 47.3. The zero-order valence-electron chi connectivity index (χ0n) is 60.9. The predicted octanol–water partition coefficient (Wildman–Crippen LogP) is 21.3. The fourth-order valence-electron chi connectivity index (χ4n) is 11.2. The molecule has 17 nitrogen and oxygen atoms in total. The molecule has 0 radical (unpaired) electrons. The normalized spacial score (nSPS) is 14.5. The second-order valence-corrected chi connectivity index (χ2v) is 31.3. The molecule has 19 heteroatoms. The Bertz CT molecular complexity index is 1840. The molecule has 0 rings (SSSR count). The molecule has 3 unspecified atom stereocenters. The number of aliphatic hydroxyl groups excluding tert-OH is 1. The molecule has 3 N–H and O–H groups in total. The highest BCUT2D eigenvalue weighted by atomic mass is 31.2. The van der Waals surface area contributed by atoms with E-state index in [9.17, 15) is 43.2 Å². The van der Waals surface area contributed by atoms with Gasteiger partial charge in [0.1, 0.15) is 19.3 Å². The molecule has 0 heterocycles. The second-order valence-electron chi connectivity index (χ2n) is 28.4. The number of phosphoric acid groups is 2. The summed E-state index contributed by atoms with van der Waals surface area (Å²) in [7, 11) is -9.91. The smallest absolute Gasteiger partial charge is 0.462 e. The number of hydrogen-bond acceptors (Lipinski definition) is 15. The van der Waals surface area contributed by atoms with Crippen molar-refractivity contribution in [2.75, 3.05) is 39.6 Å². The Morgan fingerprint density at radius 1 is 0.301 bits per heavy atom. The van der Waals surface area contributed by atoms with Crippen molar-refractivity contribution in [3.8, 4) is 0 Å². The van der Waals surface area contributed by atoms with Gasteiger partial charge in [0.15, 0.2) is 12.2 Å². The van der Waals surface area contributed by atoms with E-state index in [0.717, 1.165) is 120 Å². The minimum Gasteiger partial charge on any atom is -0.462 e. The van der Waals surface area contributed by atoms with Gasteiger partial charge in [-0.3, -0.25) is 37.3 Å². The molecule has 93 heavy (non-hydrogen) atoms. The van der Waals surface area contributed by atoms with Gasteiger partial charge >= 0.3 is 39.5 Å². The van der Waals surface area contributed by atoms with Crippen molar-refractivity contribution < 1.29 is 80.2 Å². The summed E-state index contributed by atoms with van der Waals surface area (Å²) in [5.74, 6) is 0.895. The molecule has 0 amide bonds. The average molecular weight is 1370 g/mol. The number of unbranched alkanes of at least 4 members (excludes halogenated alkanes) is 36. The standard InChI is InChI=1S/C74H144O17P2/c1-9-67(8)53-45-37-32-33-39-47-55-72(77)85-61-70(91-73(78)56-48-40-30-23-17-15-13-11-10-12-14-16-20-26-34-42-50-64(2)3)63-89-93(82,83)87-59-68(75)58-86-92(80,81)88-62-69(90-74(79)57-49-41-31-25-19-22-28-36-44-52-66(6)7)60-84-71(76)54-46-38-29-24-18-21-27-35-43-51-65(4)5/h64-70,75H,9-63H2,1-8H3,(H,80,81)(H,82,83)/t67?,68-,69-,70-/m1/s1. The first-order chi connectivity index (χ1) is 44.6. The van der Waals surface area contributed by atoms with Gasteiger partial charge in [-0.15, -0.1) is 0 Å². The molecule has 0 aromatic heterocycles. The van der Waals surface area contributed by atoms with Crippen LogP contribution in [-0.2, 0) is 65.4 Å². The Kier molecular flexibility index (Phi) is 62.2. The van der Waals surface area contributed by atoms with Crippen LogP contribution in [0.2, 0.25) is 0 Å². The highest BCUT2D eigenvalue weighted by Crippen LogP contribution is 2.45. The lowest BCUT2D eigenvalue weighted by Gasteiger charge is -2.21. The van der Waals surface area contributed by atoms with Crippen molar-refractivity contribution >= 4 is 39.5 Å². The van der Waals surface area contributed by atoms with E-state index in [-0.39, 0.29) is 25.7 Å². The molecular weight excluding hydrogens is 1220 g/mol. The summed E-state index contributed by atoms with van der Waals surface area (Å²) in [5.41, 5.74) is 0. The van der Waals surface area contributed by atoms with Crippen molar-refractivity contribution in [1.82, 2.24) is 0 Å². The summed E-state index contributed by atoms with van der Waals surface area (Å²) in [6, 6.07) is 0. The predicted molar refractivity (Wildman–Crippen MR) is 377 cm³/mol. The zero-order chi connectivity index (χ0) is 68.9. The van der Waals surface area contributed by atoms with Gasteiger partial charge in [-0.2, -0.15) is 0 Å². The quantitative estimate of drug-likeness (QED) is 0.0222. The van der Waals surface area contributed by atoms with Gasteiger partial charge in [-0.05, 0) is 49.4 Å². The number of ether oxygens (including phenoxy) is 4. The topological polar surface area (TPSA) is 237 Å². The molecule has 6 atom stereocenters. The molecule has 0 saturated carbocycles. The van der Waals surface area contributed by atoms with Crippen LogP contribution in [0.4, 0.5) is 0 Å². The zero-order valence-corrected chi connectivity index (χ0v) is 62.7. The number of hydrogen-bond donors (Lipinski definition) is 3. The maximum Gasteiger partial charge on any atom is 0.472 e. The monoisotopic (exact) mass is 1370 g/mol. The highest BCUT2D eigenvalue weighted by Gasteiger charge is 2.30. The molecule has 0 bridgehead atoms. The SMILES string of the molecule is CCC(C)CCCCCCCCC(=O)OC[C@H](COP(=O)(O)OC[C@H](O)COP(=O)(O)OC[C@@H](COC(=O)CCCCCCCCCCCC(C)C)OC(=O)CCCCCCCCCCCC(C)C)OC(=O)CCCCCCCCCCCCCCCCCCC(C)C. The van der Waals surface area contributed by atoms with Gasteiger partial charge in [0.2, 0.25) is 0 Å². The summed E-state index contributed by atoms with van der Waals surface area (Å²) in [5, 5.41) is 10.6. The van der Waals surface area contributed by atoms with E-state index in [1.54, 1.807) is 0 Å². The molecule has 0 aromatic carbocycles. The van der Waals surface area contributed by atoms with Crippen molar-refractivity contribution in [3.63, 3.8) is 0 Å². The molecule has 0 saturated heterocycles. The van der Waals surface area contributed by atoms with Crippen LogP contribution in [0, 0.1) is 23.7 Å². The lowest BCUT2D eigenvalue weighted by atomic mass is 10.00. The van der Waals surface area contributed by atoms with Crippen molar-refractivity contribution in [1.29, 1.82) is 0 Å². The number of carbonyl (C=O) groups excluding carboxylic acids is 4. The lowest BCUT2D eigenvalue weighted by Crippen LogP contribution is -2.30. The minimum absolute atomic E-state index is 0.104. The second kappa shape index (κ2) is 63.5. The molecule has 0 aliphatic heterocycles.